The Labute approximate surface area is 101 Å². The van der Waals surface area contributed by atoms with Crippen LogP contribution in [0.2, 0.25) is 0 Å². The molecule has 1 aliphatic rings. The Morgan fingerprint density at radius 2 is 1.71 bits per heavy atom. The highest BCUT2D eigenvalue weighted by Crippen LogP contribution is 2.25. The first kappa shape index (κ1) is 11.8. The van der Waals surface area contributed by atoms with Crippen LogP contribution in [0.25, 0.3) is 0 Å². The molecular formula is C12H17IO. The minimum Gasteiger partial charge on any atom is -0.428 e. The van der Waals surface area contributed by atoms with Crippen LogP contribution in [-0.4, -0.2) is 0 Å². The minimum absolute atomic E-state index is 0.983. The molecule has 14 heavy (non-hydrogen) atoms. The maximum atomic E-state index is 5.15. The van der Waals surface area contributed by atoms with Gasteiger partial charge in [-0.1, -0.05) is 19.9 Å². The Morgan fingerprint density at radius 1 is 1.07 bits per heavy atom. The number of hydrogen-bond acceptors (Lipinski definition) is 1. The summed E-state index contributed by atoms with van der Waals surface area (Å²) in [5.41, 5.74) is 2.99. The number of aryl methyl sites for hydroxylation is 2. The van der Waals surface area contributed by atoms with Gasteiger partial charge in [-0.05, 0) is 48.9 Å². The van der Waals surface area contributed by atoms with Crippen molar-refractivity contribution in [2.45, 2.75) is 39.5 Å². The first-order valence-corrected chi connectivity index (χ1v) is 6.18. The minimum atomic E-state index is 0.983. The van der Waals surface area contributed by atoms with Gasteiger partial charge in [0.05, 0.1) is 0 Å². The van der Waals surface area contributed by atoms with Gasteiger partial charge in [0.2, 0.25) is 0 Å². The second kappa shape index (κ2) is 6.27. The van der Waals surface area contributed by atoms with Gasteiger partial charge in [0.15, 0.2) is 23.0 Å². The summed E-state index contributed by atoms with van der Waals surface area (Å²) in [4.78, 5) is 0. The van der Waals surface area contributed by atoms with E-state index in [4.69, 9.17) is 3.07 Å². The second-order valence-electron chi connectivity index (χ2n) is 3.21. The Balaban J connectivity index is 0.000000461. The fraction of sp³-hybridized carbons (Fsp3) is 0.500. The summed E-state index contributed by atoms with van der Waals surface area (Å²) in [5.74, 6) is 0.983. The molecule has 0 saturated heterocycles. The molecule has 1 nitrogen and oxygen atoms in total. The van der Waals surface area contributed by atoms with E-state index in [1.165, 1.54) is 36.8 Å². The van der Waals surface area contributed by atoms with E-state index in [2.05, 4.69) is 18.2 Å². The average Bonchev–Trinajstić information content (AvgIpc) is 2.31. The smallest absolute Gasteiger partial charge is 0.192 e. The third-order valence-corrected chi connectivity index (χ3v) is 2.92. The molecule has 78 valence electrons. The highest BCUT2D eigenvalue weighted by molar-refractivity contribution is 14.1. The molecule has 0 atom stereocenters. The maximum absolute atomic E-state index is 5.15. The van der Waals surface area contributed by atoms with Crippen LogP contribution < -0.4 is 3.07 Å². The van der Waals surface area contributed by atoms with E-state index in [-0.39, 0.29) is 0 Å². The summed E-state index contributed by atoms with van der Waals surface area (Å²) in [6, 6.07) is 6.42. The average molecular weight is 304 g/mol. The predicted octanol–water partition coefficient (Wildman–Crippen LogP) is 4.32. The van der Waals surface area contributed by atoms with Gasteiger partial charge in [-0.3, -0.25) is 0 Å². The molecule has 0 unspecified atom stereocenters. The van der Waals surface area contributed by atoms with Gasteiger partial charge in [-0.2, -0.15) is 0 Å². The summed E-state index contributed by atoms with van der Waals surface area (Å²) in [6.07, 6.45) is 5.15. The van der Waals surface area contributed by atoms with E-state index in [1.54, 1.807) is 0 Å². The fourth-order valence-corrected chi connectivity index (χ4v) is 2.03. The first-order valence-electron chi connectivity index (χ1n) is 5.30. The Hall–Kier alpha value is -0.250. The largest absolute Gasteiger partial charge is 0.428 e. The number of fused-ring (bicyclic) bond motifs is 1. The van der Waals surface area contributed by atoms with Gasteiger partial charge < -0.3 is 3.07 Å². The van der Waals surface area contributed by atoms with E-state index >= 15 is 0 Å². The standard InChI is InChI=1S/C10H11IO.C2H6/c11-12-10-6-5-8-3-1-2-4-9(8)7-10;1-2/h5-7H,1-4H2;1-2H3. The third-order valence-electron chi connectivity index (χ3n) is 2.41. The Bertz CT molecular complexity index is 284. The van der Waals surface area contributed by atoms with Gasteiger partial charge in [0.25, 0.3) is 0 Å². The number of rotatable bonds is 1. The van der Waals surface area contributed by atoms with Crippen LogP contribution in [0.4, 0.5) is 0 Å². The van der Waals surface area contributed by atoms with Crippen molar-refractivity contribution in [1.82, 2.24) is 0 Å². The van der Waals surface area contributed by atoms with Crippen molar-refractivity contribution in [3.63, 3.8) is 0 Å². The summed E-state index contributed by atoms with van der Waals surface area (Å²) in [7, 11) is 0. The lowest BCUT2D eigenvalue weighted by Gasteiger charge is -2.15. The van der Waals surface area contributed by atoms with Crippen molar-refractivity contribution in [2.24, 2.45) is 0 Å². The lowest BCUT2D eigenvalue weighted by molar-refractivity contribution is 0.670. The van der Waals surface area contributed by atoms with Crippen molar-refractivity contribution in [1.29, 1.82) is 0 Å². The van der Waals surface area contributed by atoms with Gasteiger partial charge in [-0.25, -0.2) is 0 Å². The van der Waals surface area contributed by atoms with Gasteiger partial charge >= 0.3 is 0 Å². The predicted molar refractivity (Wildman–Crippen MR) is 69.1 cm³/mol. The first-order chi connectivity index (χ1) is 6.90. The van der Waals surface area contributed by atoms with Crippen molar-refractivity contribution in [3.8, 4) is 5.75 Å². The zero-order valence-electron chi connectivity index (χ0n) is 8.85. The van der Waals surface area contributed by atoms with Crippen molar-refractivity contribution < 1.29 is 3.07 Å². The maximum Gasteiger partial charge on any atom is 0.192 e. The normalized spacial score (nSPS) is 13.6. The van der Waals surface area contributed by atoms with Crippen molar-refractivity contribution >= 4 is 23.0 Å². The molecule has 1 aromatic rings. The third kappa shape index (κ3) is 2.87. The van der Waals surface area contributed by atoms with E-state index < -0.39 is 0 Å². The van der Waals surface area contributed by atoms with Crippen molar-refractivity contribution in [2.75, 3.05) is 0 Å². The highest BCUT2D eigenvalue weighted by Gasteiger charge is 2.09. The van der Waals surface area contributed by atoms with Gasteiger partial charge in [-0.15, -0.1) is 0 Å². The molecule has 2 rings (SSSR count). The van der Waals surface area contributed by atoms with Crippen LogP contribution in [-0.2, 0) is 12.8 Å². The highest BCUT2D eigenvalue weighted by atomic mass is 127. The lowest BCUT2D eigenvalue weighted by atomic mass is 9.92. The Morgan fingerprint density at radius 3 is 2.36 bits per heavy atom. The molecule has 0 radical (unpaired) electrons. The van der Waals surface area contributed by atoms with E-state index in [9.17, 15) is 0 Å². The lowest BCUT2D eigenvalue weighted by Crippen LogP contribution is -2.01. The fourth-order valence-electron chi connectivity index (χ4n) is 1.76. The van der Waals surface area contributed by atoms with Crippen molar-refractivity contribution in [3.05, 3.63) is 29.3 Å². The molecule has 0 bridgehead atoms. The molecular weight excluding hydrogens is 287 g/mol. The molecule has 0 aromatic heterocycles. The van der Waals surface area contributed by atoms with Gasteiger partial charge in [0, 0.05) is 0 Å². The van der Waals surface area contributed by atoms with Crippen LogP contribution in [0.1, 0.15) is 37.8 Å². The van der Waals surface area contributed by atoms with E-state index in [1.807, 2.05) is 36.9 Å². The zero-order valence-corrected chi connectivity index (χ0v) is 11.0. The molecule has 0 heterocycles. The monoisotopic (exact) mass is 304 g/mol. The number of hydrogen-bond donors (Lipinski definition) is 0. The van der Waals surface area contributed by atoms with Crippen LogP contribution in [0.15, 0.2) is 18.2 Å². The SMILES string of the molecule is CC.IOc1ccc2c(c1)CCCC2. The van der Waals surface area contributed by atoms with Gasteiger partial charge in [0.1, 0.15) is 5.75 Å². The molecule has 0 saturated carbocycles. The number of halogens is 1. The molecule has 1 aliphatic carbocycles. The van der Waals surface area contributed by atoms with E-state index in [0.717, 1.165) is 5.75 Å². The Kier molecular flexibility index (Phi) is 5.30. The molecule has 2 heteroatoms. The van der Waals surface area contributed by atoms with Crippen LogP contribution in [0.3, 0.4) is 0 Å². The second-order valence-corrected chi connectivity index (χ2v) is 3.66. The quantitative estimate of drug-likeness (QED) is 0.702. The zero-order chi connectivity index (χ0) is 10.4. The molecule has 0 amide bonds. The molecule has 0 spiro atoms. The summed E-state index contributed by atoms with van der Waals surface area (Å²) in [5, 5.41) is 0. The van der Waals surface area contributed by atoms with Crippen LogP contribution in [0, 0.1) is 0 Å². The molecule has 0 fully saturated rings. The summed E-state index contributed by atoms with van der Waals surface area (Å²) >= 11 is 1.93. The summed E-state index contributed by atoms with van der Waals surface area (Å²) < 4.78 is 5.15. The summed E-state index contributed by atoms with van der Waals surface area (Å²) in [6.45, 7) is 4.00. The topological polar surface area (TPSA) is 9.23 Å². The molecule has 0 N–H and O–H groups in total. The molecule has 1 aromatic carbocycles. The van der Waals surface area contributed by atoms with Crippen LogP contribution >= 0.6 is 23.0 Å². The number of benzene rings is 1. The molecule has 0 aliphatic heterocycles. The van der Waals surface area contributed by atoms with Crippen LogP contribution in [0.5, 0.6) is 5.75 Å². The van der Waals surface area contributed by atoms with E-state index in [0.29, 0.717) is 0 Å².